The molecule has 4 rings (SSSR count). The number of pyridine rings is 1. The molecule has 0 spiro atoms. The van der Waals surface area contributed by atoms with Gasteiger partial charge in [0.2, 0.25) is 5.91 Å². The van der Waals surface area contributed by atoms with Crippen LogP contribution >= 0.6 is 23.4 Å². The summed E-state index contributed by atoms with van der Waals surface area (Å²) in [6.45, 7) is 2.52. The quantitative estimate of drug-likeness (QED) is 0.625. The fraction of sp³-hybridized carbons (Fsp3) is 0.714. The van der Waals surface area contributed by atoms with Crippen molar-refractivity contribution in [3.63, 3.8) is 0 Å². The molecule has 5 nitrogen and oxygen atoms in total. The number of carbonyl (C=O) groups is 1. The van der Waals surface area contributed by atoms with Crippen LogP contribution < -0.4 is 4.90 Å². The van der Waals surface area contributed by atoms with Crippen molar-refractivity contribution < 1.29 is 22.7 Å². The predicted molar refractivity (Wildman–Crippen MR) is 116 cm³/mol. The molecule has 1 aromatic rings. The summed E-state index contributed by atoms with van der Waals surface area (Å²) in [5, 5.41) is -0.0115. The van der Waals surface area contributed by atoms with Gasteiger partial charge in [0, 0.05) is 50.2 Å². The van der Waals surface area contributed by atoms with Crippen molar-refractivity contribution in [2.45, 2.75) is 50.4 Å². The maximum Gasteiger partial charge on any atom is 0.417 e. The van der Waals surface area contributed by atoms with Crippen LogP contribution in [0.25, 0.3) is 0 Å². The van der Waals surface area contributed by atoms with Crippen LogP contribution in [0.3, 0.4) is 0 Å². The molecule has 3 aliphatic heterocycles. The van der Waals surface area contributed by atoms with E-state index in [9.17, 15) is 18.0 Å². The molecule has 10 heteroatoms. The van der Waals surface area contributed by atoms with Crippen molar-refractivity contribution in [2.24, 2.45) is 5.92 Å². The first-order valence-electron chi connectivity index (χ1n) is 10.8. The SMILES string of the molecule is O=C(C1CCN(c2ncc(C(F)(F)F)cc2Cl)CC1)N(CC1CCCO1)C1CCSC1. The predicted octanol–water partition coefficient (Wildman–Crippen LogP) is 4.48. The molecular formula is C21H27ClF3N3O2S. The van der Waals surface area contributed by atoms with Crippen molar-refractivity contribution >= 4 is 35.1 Å². The molecule has 0 bridgehead atoms. The van der Waals surface area contributed by atoms with Gasteiger partial charge in [-0.1, -0.05) is 11.6 Å². The molecule has 31 heavy (non-hydrogen) atoms. The van der Waals surface area contributed by atoms with Crippen LogP contribution in [0.5, 0.6) is 0 Å². The highest BCUT2D eigenvalue weighted by Gasteiger charge is 2.36. The molecule has 4 heterocycles. The van der Waals surface area contributed by atoms with Crippen molar-refractivity contribution in [3.8, 4) is 0 Å². The highest BCUT2D eigenvalue weighted by Crippen LogP contribution is 2.35. The third-order valence-corrected chi connectivity index (χ3v) is 7.77. The van der Waals surface area contributed by atoms with Gasteiger partial charge in [-0.2, -0.15) is 24.9 Å². The van der Waals surface area contributed by atoms with E-state index in [-0.39, 0.29) is 29.0 Å². The summed E-state index contributed by atoms with van der Waals surface area (Å²) in [6, 6.07) is 1.19. The number of thioether (sulfide) groups is 1. The number of alkyl halides is 3. The Bertz CT molecular complexity index is 778. The molecule has 3 saturated heterocycles. The Morgan fingerprint density at radius 2 is 2.06 bits per heavy atom. The highest BCUT2D eigenvalue weighted by molar-refractivity contribution is 7.99. The number of rotatable bonds is 5. The Morgan fingerprint density at radius 3 is 2.65 bits per heavy atom. The Morgan fingerprint density at radius 1 is 1.29 bits per heavy atom. The molecule has 0 N–H and O–H groups in total. The molecule has 2 unspecified atom stereocenters. The molecule has 1 aromatic heterocycles. The van der Waals surface area contributed by atoms with Crippen LogP contribution in [-0.2, 0) is 15.7 Å². The standard InChI is InChI=1S/C21H27ClF3N3O2S/c22-18-10-15(21(23,24)25)11-26-19(18)27-6-3-14(4-7-27)20(29)28(16-5-9-31-13-16)12-17-2-1-8-30-17/h10-11,14,16-17H,1-9,12-13H2. The first-order valence-corrected chi connectivity index (χ1v) is 12.3. The Balaban J connectivity index is 1.39. The van der Waals surface area contributed by atoms with Crippen LogP contribution in [0.15, 0.2) is 12.3 Å². The smallest absolute Gasteiger partial charge is 0.376 e. The molecule has 3 aliphatic rings. The lowest BCUT2D eigenvalue weighted by Crippen LogP contribution is -2.49. The van der Waals surface area contributed by atoms with Gasteiger partial charge in [0.15, 0.2) is 0 Å². The molecule has 0 saturated carbocycles. The Hall–Kier alpha value is -1.19. The van der Waals surface area contributed by atoms with Gasteiger partial charge in [0.05, 0.1) is 16.7 Å². The first kappa shape index (κ1) is 23.0. The van der Waals surface area contributed by atoms with Crippen molar-refractivity contribution in [1.82, 2.24) is 9.88 Å². The number of anilines is 1. The number of nitrogens with zero attached hydrogens (tertiary/aromatic N) is 3. The molecule has 1 amide bonds. The van der Waals surface area contributed by atoms with Crippen molar-refractivity contribution in [2.75, 3.05) is 42.6 Å². The minimum absolute atomic E-state index is 0.0115. The number of ether oxygens (including phenoxy) is 1. The van der Waals surface area contributed by atoms with E-state index in [1.54, 1.807) is 0 Å². The third kappa shape index (κ3) is 5.42. The van der Waals surface area contributed by atoms with E-state index in [0.29, 0.717) is 38.3 Å². The zero-order chi connectivity index (χ0) is 22.0. The van der Waals surface area contributed by atoms with E-state index in [0.717, 1.165) is 49.6 Å². The molecule has 0 aliphatic carbocycles. The van der Waals surface area contributed by atoms with Gasteiger partial charge in [-0.3, -0.25) is 4.79 Å². The minimum atomic E-state index is -4.47. The van der Waals surface area contributed by atoms with E-state index in [4.69, 9.17) is 16.3 Å². The molecule has 0 radical (unpaired) electrons. The number of piperidine rings is 1. The summed E-state index contributed by atoms with van der Waals surface area (Å²) in [5.74, 6) is 2.51. The summed E-state index contributed by atoms with van der Waals surface area (Å²) in [5.41, 5.74) is -0.856. The van der Waals surface area contributed by atoms with Gasteiger partial charge in [-0.25, -0.2) is 4.98 Å². The average Bonchev–Trinajstić information content (AvgIpc) is 3.45. The van der Waals surface area contributed by atoms with Crippen LogP contribution in [0.1, 0.15) is 37.7 Å². The number of aromatic nitrogens is 1. The van der Waals surface area contributed by atoms with E-state index in [1.165, 1.54) is 0 Å². The number of amides is 1. The van der Waals surface area contributed by atoms with E-state index in [2.05, 4.69) is 9.88 Å². The molecular weight excluding hydrogens is 451 g/mol. The van der Waals surface area contributed by atoms with E-state index < -0.39 is 11.7 Å². The average molecular weight is 478 g/mol. The third-order valence-electron chi connectivity index (χ3n) is 6.35. The van der Waals surface area contributed by atoms with Gasteiger partial charge >= 0.3 is 6.18 Å². The normalized spacial score (nSPS) is 25.2. The van der Waals surface area contributed by atoms with Crippen LogP contribution in [0.2, 0.25) is 5.02 Å². The molecule has 0 aromatic carbocycles. The number of hydrogen-bond donors (Lipinski definition) is 0. The number of hydrogen-bond acceptors (Lipinski definition) is 5. The summed E-state index contributed by atoms with van der Waals surface area (Å²) < 4.78 is 44.4. The minimum Gasteiger partial charge on any atom is -0.376 e. The topological polar surface area (TPSA) is 45.7 Å². The first-order chi connectivity index (χ1) is 14.8. The molecule has 2 atom stereocenters. The second-order valence-corrected chi connectivity index (χ2v) is 9.99. The fourth-order valence-corrected chi connectivity index (χ4v) is 6.10. The Labute approximate surface area is 189 Å². The monoisotopic (exact) mass is 477 g/mol. The highest BCUT2D eigenvalue weighted by atomic mass is 35.5. The maximum absolute atomic E-state index is 13.4. The van der Waals surface area contributed by atoms with Gasteiger partial charge in [0.25, 0.3) is 0 Å². The molecule has 172 valence electrons. The lowest BCUT2D eigenvalue weighted by atomic mass is 9.94. The summed E-state index contributed by atoms with van der Waals surface area (Å²) in [4.78, 5) is 21.3. The van der Waals surface area contributed by atoms with Crippen LogP contribution in [-0.4, -0.2) is 65.7 Å². The number of halogens is 4. The van der Waals surface area contributed by atoms with Crippen molar-refractivity contribution in [3.05, 3.63) is 22.8 Å². The largest absolute Gasteiger partial charge is 0.417 e. The zero-order valence-electron chi connectivity index (χ0n) is 17.2. The van der Waals surface area contributed by atoms with E-state index >= 15 is 0 Å². The van der Waals surface area contributed by atoms with Gasteiger partial charge < -0.3 is 14.5 Å². The lowest BCUT2D eigenvalue weighted by Gasteiger charge is -2.38. The Kier molecular flexibility index (Phi) is 7.23. The van der Waals surface area contributed by atoms with Crippen LogP contribution in [0, 0.1) is 5.92 Å². The summed E-state index contributed by atoms with van der Waals surface area (Å²) >= 11 is 7.99. The lowest BCUT2D eigenvalue weighted by molar-refractivity contribution is -0.140. The second-order valence-electron chi connectivity index (χ2n) is 8.43. The fourth-order valence-electron chi connectivity index (χ4n) is 4.59. The van der Waals surface area contributed by atoms with Crippen LogP contribution in [0.4, 0.5) is 19.0 Å². The molecule has 3 fully saturated rings. The van der Waals surface area contributed by atoms with E-state index in [1.807, 2.05) is 16.7 Å². The summed E-state index contributed by atoms with van der Waals surface area (Å²) in [7, 11) is 0. The zero-order valence-corrected chi connectivity index (χ0v) is 18.8. The van der Waals surface area contributed by atoms with Crippen molar-refractivity contribution in [1.29, 1.82) is 0 Å². The maximum atomic E-state index is 13.4. The summed E-state index contributed by atoms with van der Waals surface area (Å²) in [6.07, 6.45) is 0.821. The number of carbonyl (C=O) groups excluding carboxylic acids is 1. The van der Waals surface area contributed by atoms with Gasteiger partial charge in [0.1, 0.15) is 5.82 Å². The van der Waals surface area contributed by atoms with Gasteiger partial charge in [-0.05, 0) is 43.9 Å². The van der Waals surface area contributed by atoms with Gasteiger partial charge in [-0.15, -0.1) is 0 Å². The second kappa shape index (κ2) is 9.75.